The minimum Gasteiger partial charge on any atom is -0.386 e. The third-order valence-corrected chi connectivity index (χ3v) is 2.28. The van der Waals surface area contributed by atoms with Crippen LogP contribution >= 0.6 is 0 Å². The van der Waals surface area contributed by atoms with E-state index in [0.717, 1.165) is 16.7 Å². The van der Waals surface area contributed by atoms with Crippen molar-refractivity contribution in [1.29, 1.82) is 0 Å². The van der Waals surface area contributed by atoms with Gasteiger partial charge in [0.2, 0.25) is 0 Å². The van der Waals surface area contributed by atoms with Crippen molar-refractivity contribution in [2.24, 2.45) is 0 Å². The molecule has 0 bridgehead atoms. The molecule has 0 aromatic heterocycles. The lowest BCUT2D eigenvalue weighted by atomic mass is 9.90. The van der Waals surface area contributed by atoms with Gasteiger partial charge in [-0.05, 0) is 37.5 Å². The topological polar surface area (TPSA) is 40.5 Å². The minimum absolute atomic E-state index is 0.708. The normalized spacial score (nSPS) is 32.3. The molecule has 1 aliphatic carbocycles. The number of aliphatic hydroxyl groups is 2. The Morgan fingerprint density at radius 1 is 1.09 bits per heavy atom. The van der Waals surface area contributed by atoms with Gasteiger partial charge in [-0.3, -0.25) is 0 Å². The summed E-state index contributed by atoms with van der Waals surface area (Å²) in [5, 5.41) is 18.8. The molecule has 0 spiro atoms. The Bertz CT molecular complexity index is 226. The molecule has 0 aromatic carbocycles. The predicted molar refractivity (Wildman–Crippen MR) is 44.1 cm³/mol. The largest absolute Gasteiger partial charge is 0.386 e. The summed E-state index contributed by atoms with van der Waals surface area (Å²) in [4.78, 5) is 0. The first-order valence-corrected chi connectivity index (χ1v) is 3.75. The molecule has 1 aliphatic rings. The van der Waals surface area contributed by atoms with Crippen LogP contribution in [0.5, 0.6) is 0 Å². The highest BCUT2D eigenvalue weighted by Crippen LogP contribution is 2.23. The Hall–Kier alpha value is -0.600. The third kappa shape index (κ3) is 1.37. The van der Waals surface area contributed by atoms with Gasteiger partial charge in [-0.2, -0.15) is 0 Å². The van der Waals surface area contributed by atoms with E-state index in [1.165, 1.54) is 0 Å². The first kappa shape index (κ1) is 8.50. The molecule has 0 heterocycles. The van der Waals surface area contributed by atoms with Gasteiger partial charge in [0.15, 0.2) is 0 Å². The first-order valence-electron chi connectivity index (χ1n) is 3.75. The van der Waals surface area contributed by atoms with Crippen molar-refractivity contribution in [3.05, 3.63) is 22.8 Å². The number of hydrogen-bond acceptors (Lipinski definition) is 2. The Kier molecular flexibility index (Phi) is 2.16. The Balaban J connectivity index is 3.01. The zero-order valence-electron chi connectivity index (χ0n) is 7.13. The molecule has 2 heteroatoms. The molecule has 0 aromatic rings. The van der Waals surface area contributed by atoms with Gasteiger partial charge in [-0.15, -0.1) is 0 Å². The van der Waals surface area contributed by atoms with Crippen LogP contribution in [0.1, 0.15) is 20.8 Å². The molecular formula is C9H14O2. The van der Waals surface area contributed by atoms with Gasteiger partial charge in [-0.1, -0.05) is 6.08 Å². The van der Waals surface area contributed by atoms with Gasteiger partial charge < -0.3 is 10.2 Å². The lowest BCUT2D eigenvalue weighted by Gasteiger charge is -2.25. The lowest BCUT2D eigenvalue weighted by molar-refractivity contribution is 0.0631. The number of aliphatic hydroxyl groups excluding tert-OH is 2. The summed E-state index contributed by atoms with van der Waals surface area (Å²) in [6, 6.07) is 0. The lowest BCUT2D eigenvalue weighted by Crippen LogP contribution is -2.31. The van der Waals surface area contributed by atoms with Crippen molar-refractivity contribution < 1.29 is 10.2 Å². The molecular weight excluding hydrogens is 140 g/mol. The Morgan fingerprint density at radius 2 is 1.64 bits per heavy atom. The van der Waals surface area contributed by atoms with Gasteiger partial charge in [-0.25, -0.2) is 0 Å². The van der Waals surface area contributed by atoms with E-state index >= 15 is 0 Å². The van der Waals surface area contributed by atoms with Crippen LogP contribution in [-0.4, -0.2) is 22.4 Å². The van der Waals surface area contributed by atoms with Crippen molar-refractivity contribution >= 4 is 0 Å². The van der Waals surface area contributed by atoms with E-state index in [1.807, 2.05) is 26.8 Å². The summed E-state index contributed by atoms with van der Waals surface area (Å²) in [7, 11) is 0. The predicted octanol–water partition coefficient (Wildman–Crippen LogP) is 1.00. The van der Waals surface area contributed by atoms with Crippen LogP contribution in [0.2, 0.25) is 0 Å². The standard InChI is InChI=1S/C9H14O2/c1-5-4-6(2)8(10)9(11)7(5)3/h4,8-11H,1-3H3/t8-,9+/m1/s1. The molecule has 0 saturated carbocycles. The average Bonchev–Trinajstić information content (AvgIpc) is 1.97. The van der Waals surface area contributed by atoms with Crippen LogP contribution in [0.4, 0.5) is 0 Å². The second-order valence-corrected chi connectivity index (χ2v) is 3.14. The van der Waals surface area contributed by atoms with Crippen molar-refractivity contribution in [2.45, 2.75) is 33.0 Å². The monoisotopic (exact) mass is 154 g/mol. The molecule has 2 N–H and O–H groups in total. The number of hydrogen-bond donors (Lipinski definition) is 2. The van der Waals surface area contributed by atoms with Gasteiger partial charge in [0.1, 0.15) is 12.2 Å². The Labute approximate surface area is 66.9 Å². The second kappa shape index (κ2) is 2.80. The minimum atomic E-state index is -0.710. The van der Waals surface area contributed by atoms with Gasteiger partial charge >= 0.3 is 0 Å². The molecule has 62 valence electrons. The molecule has 0 fully saturated rings. The maximum Gasteiger partial charge on any atom is 0.105 e. The molecule has 0 radical (unpaired) electrons. The smallest absolute Gasteiger partial charge is 0.105 e. The number of allylic oxidation sites excluding steroid dienone is 2. The van der Waals surface area contributed by atoms with E-state index in [0.29, 0.717) is 0 Å². The van der Waals surface area contributed by atoms with Crippen LogP contribution in [-0.2, 0) is 0 Å². The zero-order chi connectivity index (χ0) is 8.59. The van der Waals surface area contributed by atoms with Crippen molar-refractivity contribution in [3.8, 4) is 0 Å². The molecule has 2 atom stereocenters. The SMILES string of the molecule is CC1=CC(C)=C(C)[C@H](O)[C@@H]1O. The van der Waals surface area contributed by atoms with Crippen molar-refractivity contribution in [2.75, 3.05) is 0 Å². The second-order valence-electron chi connectivity index (χ2n) is 3.14. The summed E-state index contributed by atoms with van der Waals surface area (Å²) in [5.41, 5.74) is 2.75. The van der Waals surface area contributed by atoms with Crippen molar-refractivity contribution in [3.63, 3.8) is 0 Å². The van der Waals surface area contributed by atoms with Crippen LogP contribution in [0.3, 0.4) is 0 Å². The molecule has 0 amide bonds. The highest BCUT2D eigenvalue weighted by molar-refractivity contribution is 5.36. The van der Waals surface area contributed by atoms with Crippen LogP contribution < -0.4 is 0 Å². The van der Waals surface area contributed by atoms with E-state index < -0.39 is 12.2 Å². The summed E-state index contributed by atoms with van der Waals surface area (Å²) in [6.07, 6.45) is 0.492. The van der Waals surface area contributed by atoms with Gasteiger partial charge in [0.05, 0.1) is 0 Å². The quantitative estimate of drug-likeness (QED) is 0.546. The fourth-order valence-electron chi connectivity index (χ4n) is 1.26. The molecule has 0 unspecified atom stereocenters. The number of rotatable bonds is 0. The summed E-state index contributed by atoms with van der Waals surface area (Å²) >= 11 is 0. The van der Waals surface area contributed by atoms with Gasteiger partial charge in [0, 0.05) is 0 Å². The molecule has 0 aliphatic heterocycles. The average molecular weight is 154 g/mol. The molecule has 0 saturated heterocycles. The fourth-order valence-corrected chi connectivity index (χ4v) is 1.26. The third-order valence-electron chi connectivity index (χ3n) is 2.28. The molecule has 1 rings (SSSR count). The van der Waals surface area contributed by atoms with Gasteiger partial charge in [0.25, 0.3) is 0 Å². The van der Waals surface area contributed by atoms with E-state index in [9.17, 15) is 10.2 Å². The van der Waals surface area contributed by atoms with E-state index in [-0.39, 0.29) is 0 Å². The highest BCUT2D eigenvalue weighted by atomic mass is 16.3. The zero-order valence-corrected chi connectivity index (χ0v) is 7.13. The summed E-state index contributed by atoms with van der Waals surface area (Å²) < 4.78 is 0. The fraction of sp³-hybridized carbons (Fsp3) is 0.556. The summed E-state index contributed by atoms with van der Waals surface area (Å²) in [6.45, 7) is 5.60. The highest BCUT2D eigenvalue weighted by Gasteiger charge is 2.23. The Morgan fingerprint density at radius 3 is 2.18 bits per heavy atom. The maximum absolute atomic E-state index is 9.44. The van der Waals surface area contributed by atoms with Crippen LogP contribution in [0, 0.1) is 0 Å². The summed E-state index contributed by atoms with van der Waals surface area (Å²) in [5.74, 6) is 0. The molecule has 2 nitrogen and oxygen atoms in total. The first-order chi connectivity index (χ1) is 5.04. The van der Waals surface area contributed by atoms with E-state index in [2.05, 4.69) is 0 Å². The molecule has 11 heavy (non-hydrogen) atoms. The van der Waals surface area contributed by atoms with Crippen molar-refractivity contribution in [1.82, 2.24) is 0 Å². The van der Waals surface area contributed by atoms with Crippen LogP contribution in [0.25, 0.3) is 0 Å². The van der Waals surface area contributed by atoms with E-state index in [4.69, 9.17) is 0 Å². The van der Waals surface area contributed by atoms with E-state index in [1.54, 1.807) is 0 Å². The van der Waals surface area contributed by atoms with Crippen LogP contribution in [0.15, 0.2) is 22.8 Å². The maximum atomic E-state index is 9.44.